The fraction of sp³-hybridized carbons (Fsp3) is 0.615. The highest BCUT2D eigenvalue weighted by atomic mass is 32.2. The zero-order chi connectivity index (χ0) is 12.3. The molecule has 0 spiro atoms. The first-order chi connectivity index (χ1) is 8.36. The van der Waals surface area contributed by atoms with Gasteiger partial charge >= 0.3 is 0 Å². The second-order valence-corrected chi connectivity index (χ2v) is 5.00. The molecule has 1 aromatic heterocycles. The number of aromatic nitrogens is 1. The molecule has 0 aliphatic rings. The van der Waals surface area contributed by atoms with Crippen LogP contribution in [0.4, 0.5) is 11.5 Å². The minimum Gasteiger partial charge on any atom is -0.385 e. The molecule has 0 saturated heterocycles. The third-order valence-electron chi connectivity index (χ3n) is 2.62. The van der Waals surface area contributed by atoms with Crippen LogP contribution in [-0.4, -0.2) is 30.6 Å². The van der Waals surface area contributed by atoms with Crippen molar-refractivity contribution >= 4 is 23.3 Å². The number of pyridine rings is 1. The monoisotopic (exact) mass is 253 g/mol. The number of hydrogen-bond donors (Lipinski definition) is 2. The smallest absolute Gasteiger partial charge is 0.127 e. The van der Waals surface area contributed by atoms with E-state index in [4.69, 9.17) is 0 Å². The molecule has 3 nitrogen and oxygen atoms in total. The van der Waals surface area contributed by atoms with Crippen molar-refractivity contribution in [1.82, 2.24) is 4.98 Å². The largest absolute Gasteiger partial charge is 0.385 e. The van der Waals surface area contributed by atoms with Crippen molar-refractivity contribution < 1.29 is 0 Å². The van der Waals surface area contributed by atoms with Gasteiger partial charge in [-0.25, -0.2) is 4.98 Å². The second-order valence-electron chi connectivity index (χ2n) is 4.01. The first-order valence-electron chi connectivity index (χ1n) is 6.23. The molecule has 1 aromatic rings. The Morgan fingerprint density at radius 3 is 2.82 bits per heavy atom. The average Bonchev–Trinajstić information content (AvgIpc) is 2.38. The summed E-state index contributed by atoms with van der Waals surface area (Å²) in [5.41, 5.74) is 1.15. The van der Waals surface area contributed by atoms with Gasteiger partial charge in [0.05, 0.1) is 0 Å². The topological polar surface area (TPSA) is 37.0 Å². The van der Waals surface area contributed by atoms with Crippen LogP contribution in [0.2, 0.25) is 0 Å². The van der Waals surface area contributed by atoms with Crippen molar-refractivity contribution in [3.05, 3.63) is 18.3 Å². The standard InChI is InChI=1S/C13H23N3S/c1-14-13-11-12(7-9-16-13)15-8-5-3-4-6-10-17-2/h7,9,11H,3-6,8,10H2,1-2H3,(H2,14,15,16). The number of unbranched alkanes of at least 4 members (excludes halogenated alkanes) is 3. The second kappa shape index (κ2) is 9.16. The number of rotatable bonds is 9. The number of nitrogens with zero attached hydrogens (tertiary/aromatic N) is 1. The van der Waals surface area contributed by atoms with Crippen LogP contribution in [0.15, 0.2) is 18.3 Å². The van der Waals surface area contributed by atoms with Crippen LogP contribution >= 0.6 is 11.8 Å². The molecule has 0 unspecified atom stereocenters. The number of hydrogen-bond acceptors (Lipinski definition) is 4. The Labute approximate surface area is 109 Å². The minimum absolute atomic E-state index is 0.912. The Kier molecular flexibility index (Phi) is 7.63. The lowest BCUT2D eigenvalue weighted by Crippen LogP contribution is -2.02. The van der Waals surface area contributed by atoms with Gasteiger partial charge in [-0.2, -0.15) is 11.8 Å². The van der Waals surface area contributed by atoms with Gasteiger partial charge in [0, 0.05) is 31.5 Å². The summed E-state index contributed by atoms with van der Waals surface area (Å²) in [6.45, 7) is 1.05. The molecule has 0 amide bonds. The molecule has 96 valence electrons. The third kappa shape index (κ3) is 6.41. The Bertz CT molecular complexity index is 304. The highest BCUT2D eigenvalue weighted by Crippen LogP contribution is 2.11. The van der Waals surface area contributed by atoms with Crippen molar-refractivity contribution in [2.75, 3.05) is 36.2 Å². The molecule has 1 heterocycles. The predicted octanol–water partition coefficient (Wildman–Crippen LogP) is 3.46. The summed E-state index contributed by atoms with van der Waals surface area (Å²) >= 11 is 1.94. The van der Waals surface area contributed by atoms with E-state index in [2.05, 4.69) is 21.9 Å². The summed E-state index contributed by atoms with van der Waals surface area (Å²) in [5, 5.41) is 6.46. The van der Waals surface area contributed by atoms with Crippen molar-refractivity contribution in [3.8, 4) is 0 Å². The molecule has 0 bridgehead atoms. The molecule has 4 heteroatoms. The minimum atomic E-state index is 0.912. The van der Waals surface area contributed by atoms with Gasteiger partial charge in [0.15, 0.2) is 0 Å². The molecule has 0 aliphatic carbocycles. The van der Waals surface area contributed by atoms with Crippen LogP contribution in [0.3, 0.4) is 0 Å². The summed E-state index contributed by atoms with van der Waals surface area (Å²) in [6.07, 6.45) is 9.25. The number of nitrogens with one attached hydrogen (secondary N) is 2. The highest BCUT2D eigenvalue weighted by molar-refractivity contribution is 7.98. The Hall–Kier alpha value is -0.900. The lowest BCUT2D eigenvalue weighted by atomic mass is 10.2. The lowest BCUT2D eigenvalue weighted by Gasteiger charge is -2.07. The lowest BCUT2D eigenvalue weighted by molar-refractivity contribution is 0.689. The average molecular weight is 253 g/mol. The predicted molar refractivity (Wildman–Crippen MR) is 79.1 cm³/mol. The van der Waals surface area contributed by atoms with E-state index in [-0.39, 0.29) is 0 Å². The quantitative estimate of drug-likeness (QED) is 0.661. The Morgan fingerprint density at radius 2 is 2.06 bits per heavy atom. The summed E-state index contributed by atoms with van der Waals surface area (Å²) in [4.78, 5) is 4.18. The summed E-state index contributed by atoms with van der Waals surface area (Å²) in [6, 6.07) is 4.04. The molecule has 2 N–H and O–H groups in total. The normalized spacial score (nSPS) is 10.2. The van der Waals surface area contributed by atoms with Crippen LogP contribution in [0, 0.1) is 0 Å². The van der Waals surface area contributed by atoms with E-state index in [1.807, 2.05) is 37.1 Å². The molecule has 0 aromatic carbocycles. The Balaban J connectivity index is 2.09. The van der Waals surface area contributed by atoms with Gasteiger partial charge in [0.2, 0.25) is 0 Å². The SMILES string of the molecule is CNc1cc(NCCCCCCSC)ccn1. The van der Waals surface area contributed by atoms with Crippen LogP contribution in [0.25, 0.3) is 0 Å². The molecule has 1 rings (SSSR count). The van der Waals surface area contributed by atoms with Gasteiger partial charge in [0.25, 0.3) is 0 Å². The summed E-state index contributed by atoms with van der Waals surface area (Å²) in [5.74, 6) is 2.21. The third-order valence-corrected chi connectivity index (χ3v) is 3.32. The van der Waals surface area contributed by atoms with Gasteiger partial charge in [-0.15, -0.1) is 0 Å². The molecule has 0 radical (unpaired) electrons. The fourth-order valence-corrected chi connectivity index (χ4v) is 2.13. The number of anilines is 2. The van der Waals surface area contributed by atoms with Gasteiger partial charge in [-0.3, -0.25) is 0 Å². The van der Waals surface area contributed by atoms with Crippen molar-refractivity contribution in [2.24, 2.45) is 0 Å². The van der Waals surface area contributed by atoms with E-state index in [9.17, 15) is 0 Å². The maximum absolute atomic E-state index is 4.18. The maximum atomic E-state index is 4.18. The van der Waals surface area contributed by atoms with Crippen molar-refractivity contribution in [1.29, 1.82) is 0 Å². The van der Waals surface area contributed by atoms with Crippen molar-refractivity contribution in [3.63, 3.8) is 0 Å². The molecular weight excluding hydrogens is 230 g/mol. The molecule has 0 saturated carbocycles. The van der Waals surface area contributed by atoms with E-state index in [0.717, 1.165) is 18.1 Å². The molecule has 0 aliphatic heterocycles. The van der Waals surface area contributed by atoms with E-state index in [1.54, 1.807) is 0 Å². The van der Waals surface area contributed by atoms with Gasteiger partial charge in [-0.05, 0) is 30.9 Å². The first kappa shape index (κ1) is 14.2. The van der Waals surface area contributed by atoms with E-state index in [1.165, 1.54) is 31.4 Å². The summed E-state index contributed by atoms with van der Waals surface area (Å²) in [7, 11) is 1.89. The first-order valence-corrected chi connectivity index (χ1v) is 7.63. The van der Waals surface area contributed by atoms with Gasteiger partial charge < -0.3 is 10.6 Å². The van der Waals surface area contributed by atoms with E-state index < -0.39 is 0 Å². The van der Waals surface area contributed by atoms with E-state index in [0.29, 0.717) is 0 Å². The van der Waals surface area contributed by atoms with Crippen LogP contribution in [0.5, 0.6) is 0 Å². The maximum Gasteiger partial charge on any atom is 0.127 e. The van der Waals surface area contributed by atoms with Crippen molar-refractivity contribution in [2.45, 2.75) is 25.7 Å². The molecule has 0 fully saturated rings. The highest BCUT2D eigenvalue weighted by Gasteiger charge is 1.95. The molecule has 0 atom stereocenters. The van der Waals surface area contributed by atoms with Crippen LogP contribution < -0.4 is 10.6 Å². The van der Waals surface area contributed by atoms with Crippen LogP contribution in [-0.2, 0) is 0 Å². The zero-order valence-electron chi connectivity index (χ0n) is 10.8. The summed E-state index contributed by atoms with van der Waals surface area (Å²) < 4.78 is 0. The number of thioether (sulfide) groups is 1. The van der Waals surface area contributed by atoms with Gasteiger partial charge in [0.1, 0.15) is 5.82 Å². The Morgan fingerprint density at radius 1 is 1.24 bits per heavy atom. The zero-order valence-corrected chi connectivity index (χ0v) is 11.6. The molecule has 17 heavy (non-hydrogen) atoms. The van der Waals surface area contributed by atoms with Gasteiger partial charge in [-0.1, -0.05) is 12.8 Å². The fourth-order valence-electron chi connectivity index (χ4n) is 1.63. The van der Waals surface area contributed by atoms with Crippen LogP contribution in [0.1, 0.15) is 25.7 Å². The molecular formula is C13H23N3S. The van der Waals surface area contributed by atoms with E-state index >= 15 is 0 Å².